The van der Waals surface area contributed by atoms with Crippen LogP contribution in [0.5, 0.6) is 0 Å². The van der Waals surface area contributed by atoms with Gasteiger partial charge < -0.3 is 9.47 Å². The molecule has 0 bridgehead atoms. The highest BCUT2D eigenvalue weighted by Crippen LogP contribution is 2.33. The van der Waals surface area contributed by atoms with Crippen LogP contribution in [0, 0.1) is 11.3 Å². The molecule has 1 aromatic carbocycles. The largest absolute Gasteiger partial charge is 0.323 e. The number of benzene rings is 1. The summed E-state index contributed by atoms with van der Waals surface area (Å²) in [6, 6.07) is 8.44. The minimum Gasteiger partial charge on any atom is -0.323 e. The van der Waals surface area contributed by atoms with Gasteiger partial charge in [-0.25, -0.2) is 4.98 Å². The van der Waals surface area contributed by atoms with Gasteiger partial charge in [-0.15, -0.1) is 11.6 Å². The summed E-state index contributed by atoms with van der Waals surface area (Å²) >= 11 is 6.35. The first-order valence-corrected chi connectivity index (χ1v) is 7.79. The van der Waals surface area contributed by atoms with E-state index >= 15 is 0 Å². The number of para-hydroxylation sites is 1. The molecule has 1 saturated heterocycles. The summed E-state index contributed by atoms with van der Waals surface area (Å²) in [4.78, 5) is 7.02. The quantitative estimate of drug-likeness (QED) is 0.798. The Hall–Kier alpha value is -1.57. The van der Waals surface area contributed by atoms with Gasteiger partial charge in [0.25, 0.3) is 0 Å². The van der Waals surface area contributed by atoms with Gasteiger partial charge in [0.2, 0.25) is 0 Å². The van der Waals surface area contributed by atoms with Gasteiger partial charge in [-0.1, -0.05) is 6.07 Å². The molecular weight excluding hydrogens is 284 g/mol. The summed E-state index contributed by atoms with van der Waals surface area (Å²) in [5, 5.41) is 9.12. The van der Waals surface area contributed by atoms with Crippen LogP contribution in [0.1, 0.15) is 42.6 Å². The highest BCUT2D eigenvalue weighted by molar-refractivity contribution is 6.20. The second kappa shape index (κ2) is 5.67. The van der Waals surface area contributed by atoms with Crippen LogP contribution in [0.2, 0.25) is 0 Å². The van der Waals surface area contributed by atoms with Gasteiger partial charge in [0.15, 0.2) is 0 Å². The number of nitriles is 1. The van der Waals surface area contributed by atoms with Crippen LogP contribution in [0.15, 0.2) is 18.2 Å². The predicted octanol–water partition coefficient (Wildman–Crippen LogP) is 3.47. The van der Waals surface area contributed by atoms with Crippen LogP contribution < -0.4 is 0 Å². The molecule has 110 valence electrons. The molecule has 1 atom stereocenters. The number of alkyl halides is 1. The molecule has 0 aliphatic carbocycles. The van der Waals surface area contributed by atoms with E-state index in [2.05, 4.69) is 27.6 Å². The maximum atomic E-state index is 9.28. The number of aromatic nitrogens is 2. The van der Waals surface area contributed by atoms with E-state index < -0.39 is 0 Å². The van der Waals surface area contributed by atoms with E-state index in [4.69, 9.17) is 11.6 Å². The average Bonchev–Trinajstić information content (AvgIpc) is 2.87. The first-order chi connectivity index (χ1) is 10.1. The predicted molar refractivity (Wildman–Crippen MR) is 84.5 cm³/mol. The summed E-state index contributed by atoms with van der Waals surface area (Å²) in [5.41, 5.74) is 2.44. The van der Waals surface area contributed by atoms with Gasteiger partial charge in [0.1, 0.15) is 17.4 Å². The van der Waals surface area contributed by atoms with Crippen LogP contribution in [-0.2, 0) is 0 Å². The van der Waals surface area contributed by atoms with Gasteiger partial charge >= 0.3 is 0 Å². The van der Waals surface area contributed by atoms with Gasteiger partial charge in [0, 0.05) is 6.04 Å². The zero-order chi connectivity index (χ0) is 15.0. The molecule has 21 heavy (non-hydrogen) atoms. The fourth-order valence-electron chi connectivity index (χ4n) is 3.14. The second-order valence-electron chi connectivity index (χ2n) is 5.78. The number of hydrogen-bond acceptors (Lipinski definition) is 3. The fraction of sp³-hybridized carbons (Fsp3) is 0.500. The van der Waals surface area contributed by atoms with Crippen molar-refractivity contribution < 1.29 is 0 Å². The van der Waals surface area contributed by atoms with Crippen molar-refractivity contribution in [1.29, 1.82) is 5.26 Å². The number of hydrogen-bond donors (Lipinski definition) is 0. The molecule has 1 aliphatic rings. The van der Waals surface area contributed by atoms with Crippen molar-refractivity contribution in [3.63, 3.8) is 0 Å². The monoisotopic (exact) mass is 302 g/mol. The fourth-order valence-corrected chi connectivity index (χ4v) is 3.30. The first kappa shape index (κ1) is 14.4. The number of fused-ring (bicyclic) bond motifs is 1. The molecule has 0 amide bonds. The molecule has 1 aromatic heterocycles. The standard InChI is InChI=1S/C16H19ClN4/c1-11(17)16-19-15-12(10-18)4-3-5-14(15)21(16)13-6-8-20(2)9-7-13/h3-5,11,13H,6-9H2,1-2H3. The smallest absolute Gasteiger partial charge is 0.128 e. The molecule has 1 fully saturated rings. The lowest BCUT2D eigenvalue weighted by Gasteiger charge is -2.31. The Morgan fingerprint density at radius 2 is 2.10 bits per heavy atom. The Morgan fingerprint density at radius 1 is 1.38 bits per heavy atom. The summed E-state index contributed by atoms with van der Waals surface area (Å²) in [7, 11) is 2.15. The zero-order valence-corrected chi connectivity index (χ0v) is 13.1. The summed E-state index contributed by atoms with van der Waals surface area (Å²) in [6.45, 7) is 4.11. The van der Waals surface area contributed by atoms with Crippen molar-refractivity contribution in [2.75, 3.05) is 20.1 Å². The number of rotatable bonds is 2. The third kappa shape index (κ3) is 2.52. The van der Waals surface area contributed by atoms with Crippen LogP contribution in [-0.4, -0.2) is 34.6 Å². The van der Waals surface area contributed by atoms with Gasteiger partial charge in [-0.3, -0.25) is 0 Å². The topological polar surface area (TPSA) is 44.9 Å². The van der Waals surface area contributed by atoms with E-state index in [1.165, 1.54) is 0 Å². The molecule has 2 heterocycles. The number of imidazole rings is 1. The molecular formula is C16H19ClN4. The molecule has 4 nitrogen and oxygen atoms in total. The SMILES string of the molecule is CC(Cl)c1nc2c(C#N)cccc2n1C1CCN(C)CC1. The van der Waals surface area contributed by atoms with Crippen LogP contribution in [0.3, 0.4) is 0 Å². The van der Waals surface area contributed by atoms with E-state index in [1.807, 2.05) is 25.1 Å². The lowest BCUT2D eigenvalue weighted by Crippen LogP contribution is -2.32. The molecule has 2 aromatic rings. The van der Waals surface area contributed by atoms with Crippen molar-refractivity contribution in [2.45, 2.75) is 31.2 Å². The van der Waals surface area contributed by atoms with Crippen molar-refractivity contribution in [2.24, 2.45) is 0 Å². The Balaban J connectivity index is 2.15. The second-order valence-corrected chi connectivity index (χ2v) is 6.43. The van der Waals surface area contributed by atoms with Gasteiger partial charge in [-0.2, -0.15) is 5.26 Å². The van der Waals surface area contributed by atoms with E-state index in [0.717, 1.165) is 42.8 Å². The molecule has 3 rings (SSSR count). The zero-order valence-electron chi connectivity index (χ0n) is 12.4. The van der Waals surface area contributed by atoms with E-state index in [9.17, 15) is 5.26 Å². The summed E-state index contributed by atoms with van der Waals surface area (Å²) in [6.07, 6.45) is 2.19. The summed E-state index contributed by atoms with van der Waals surface area (Å²) in [5.74, 6) is 0.879. The van der Waals surface area contributed by atoms with Gasteiger partial charge in [0.05, 0.1) is 16.5 Å². The normalized spacial score (nSPS) is 18.8. The highest BCUT2D eigenvalue weighted by Gasteiger charge is 2.25. The highest BCUT2D eigenvalue weighted by atomic mass is 35.5. The maximum Gasteiger partial charge on any atom is 0.128 e. The van der Waals surface area contributed by atoms with Crippen molar-refractivity contribution >= 4 is 22.6 Å². The minimum absolute atomic E-state index is 0.163. The molecule has 0 radical (unpaired) electrons. The van der Waals surface area contributed by atoms with Crippen molar-refractivity contribution in [1.82, 2.24) is 14.5 Å². The Bertz CT molecular complexity index is 690. The van der Waals surface area contributed by atoms with Crippen LogP contribution in [0.4, 0.5) is 0 Å². The molecule has 5 heteroatoms. The van der Waals surface area contributed by atoms with Crippen LogP contribution in [0.25, 0.3) is 11.0 Å². The summed E-state index contributed by atoms with van der Waals surface area (Å²) < 4.78 is 2.26. The Kier molecular flexibility index (Phi) is 3.88. The molecule has 1 aliphatic heterocycles. The number of halogens is 1. The average molecular weight is 303 g/mol. The third-order valence-electron chi connectivity index (χ3n) is 4.28. The molecule has 0 spiro atoms. The molecule has 0 saturated carbocycles. The van der Waals surface area contributed by atoms with Crippen molar-refractivity contribution in [3.8, 4) is 6.07 Å². The van der Waals surface area contributed by atoms with E-state index in [-0.39, 0.29) is 5.38 Å². The Labute approximate surface area is 129 Å². The number of piperidine rings is 1. The van der Waals surface area contributed by atoms with E-state index in [1.54, 1.807) is 0 Å². The number of likely N-dealkylation sites (tertiary alicyclic amines) is 1. The van der Waals surface area contributed by atoms with Crippen LogP contribution >= 0.6 is 11.6 Å². The molecule has 0 N–H and O–H groups in total. The minimum atomic E-state index is -0.163. The third-order valence-corrected chi connectivity index (χ3v) is 4.47. The van der Waals surface area contributed by atoms with E-state index in [0.29, 0.717) is 11.6 Å². The Morgan fingerprint density at radius 3 is 2.71 bits per heavy atom. The first-order valence-electron chi connectivity index (χ1n) is 7.35. The molecule has 1 unspecified atom stereocenters. The maximum absolute atomic E-state index is 9.28. The lowest BCUT2D eigenvalue weighted by atomic mass is 10.0. The number of nitrogens with zero attached hydrogens (tertiary/aromatic N) is 4. The lowest BCUT2D eigenvalue weighted by molar-refractivity contribution is 0.221. The van der Waals surface area contributed by atoms with Crippen molar-refractivity contribution in [3.05, 3.63) is 29.6 Å². The van der Waals surface area contributed by atoms with Gasteiger partial charge in [-0.05, 0) is 52.0 Å².